The minimum atomic E-state index is 0.408. The van der Waals surface area contributed by atoms with Crippen LogP contribution in [0.2, 0.25) is 5.02 Å². The van der Waals surface area contributed by atoms with E-state index in [4.69, 9.17) is 26.1 Å². The molecular formula is C13H15ClN2O2. The second-order valence-corrected chi connectivity index (χ2v) is 3.68. The van der Waals surface area contributed by atoms with Crippen LogP contribution in [0.1, 0.15) is 26.0 Å². The minimum absolute atomic E-state index is 0.408. The van der Waals surface area contributed by atoms with E-state index in [2.05, 4.69) is 11.2 Å². The summed E-state index contributed by atoms with van der Waals surface area (Å²) in [7, 11) is 1.54. The van der Waals surface area contributed by atoms with Crippen molar-refractivity contribution in [3.63, 3.8) is 0 Å². The molecule has 0 bridgehead atoms. The Morgan fingerprint density at radius 2 is 2.17 bits per heavy atom. The minimum Gasteiger partial charge on any atom is -0.495 e. The summed E-state index contributed by atoms with van der Waals surface area (Å²) in [5.41, 5.74) is 1.37. The fourth-order valence-corrected chi connectivity index (χ4v) is 1.74. The molecule has 0 saturated heterocycles. The Morgan fingerprint density at radius 1 is 1.44 bits per heavy atom. The third-order valence-electron chi connectivity index (χ3n) is 2.29. The zero-order chi connectivity index (χ0) is 13.5. The SMILES string of the molecule is CC.COc1cc2onc(CCC#N)c2cc1Cl. The molecule has 0 fully saturated rings. The Bertz CT molecular complexity index is 558. The van der Waals surface area contributed by atoms with E-state index in [1.807, 2.05) is 13.8 Å². The van der Waals surface area contributed by atoms with Crippen LogP contribution >= 0.6 is 11.6 Å². The molecule has 0 radical (unpaired) electrons. The molecule has 0 amide bonds. The molecule has 0 N–H and O–H groups in total. The number of hydrogen-bond acceptors (Lipinski definition) is 4. The molecule has 2 aromatic rings. The van der Waals surface area contributed by atoms with Crippen molar-refractivity contribution < 1.29 is 9.26 Å². The van der Waals surface area contributed by atoms with Crippen molar-refractivity contribution in [2.75, 3.05) is 7.11 Å². The van der Waals surface area contributed by atoms with E-state index in [1.54, 1.807) is 19.2 Å². The van der Waals surface area contributed by atoms with E-state index in [-0.39, 0.29) is 0 Å². The topological polar surface area (TPSA) is 59.1 Å². The molecule has 0 aliphatic heterocycles. The molecule has 1 heterocycles. The number of halogens is 1. The van der Waals surface area contributed by atoms with Crippen molar-refractivity contribution in [2.45, 2.75) is 26.7 Å². The number of hydrogen-bond donors (Lipinski definition) is 0. The van der Waals surface area contributed by atoms with Gasteiger partial charge in [-0.3, -0.25) is 0 Å². The van der Waals surface area contributed by atoms with Crippen molar-refractivity contribution in [1.82, 2.24) is 5.16 Å². The number of rotatable bonds is 3. The second kappa shape index (κ2) is 6.87. The van der Waals surface area contributed by atoms with Gasteiger partial charge in [-0.2, -0.15) is 5.26 Å². The normalized spacial score (nSPS) is 9.50. The highest BCUT2D eigenvalue weighted by atomic mass is 35.5. The highest BCUT2D eigenvalue weighted by Gasteiger charge is 2.11. The molecule has 5 heteroatoms. The lowest BCUT2D eigenvalue weighted by atomic mass is 10.1. The number of fused-ring (bicyclic) bond motifs is 1. The van der Waals surface area contributed by atoms with E-state index < -0.39 is 0 Å². The molecular weight excluding hydrogens is 252 g/mol. The number of aryl methyl sites for hydroxylation is 1. The lowest BCUT2D eigenvalue weighted by Crippen LogP contribution is -1.86. The van der Waals surface area contributed by atoms with Crippen LogP contribution in [-0.4, -0.2) is 12.3 Å². The molecule has 1 aromatic carbocycles. The van der Waals surface area contributed by atoms with Gasteiger partial charge in [0, 0.05) is 24.3 Å². The quantitative estimate of drug-likeness (QED) is 0.843. The van der Waals surface area contributed by atoms with Gasteiger partial charge in [-0.15, -0.1) is 0 Å². The molecule has 96 valence electrons. The maximum Gasteiger partial charge on any atom is 0.170 e. The largest absolute Gasteiger partial charge is 0.495 e. The molecule has 4 nitrogen and oxygen atoms in total. The first kappa shape index (κ1) is 14.3. The third-order valence-corrected chi connectivity index (χ3v) is 2.59. The first-order chi connectivity index (χ1) is 8.76. The summed E-state index contributed by atoms with van der Waals surface area (Å²) >= 11 is 6.01. The zero-order valence-corrected chi connectivity index (χ0v) is 11.4. The van der Waals surface area contributed by atoms with Gasteiger partial charge in [-0.1, -0.05) is 30.6 Å². The van der Waals surface area contributed by atoms with Crippen LogP contribution in [-0.2, 0) is 6.42 Å². The summed E-state index contributed by atoms with van der Waals surface area (Å²) in [5, 5.41) is 13.8. The maximum atomic E-state index is 8.52. The Kier molecular flexibility index (Phi) is 5.47. The number of aromatic nitrogens is 1. The monoisotopic (exact) mass is 266 g/mol. The van der Waals surface area contributed by atoms with E-state index in [1.165, 1.54) is 0 Å². The highest BCUT2D eigenvalue weighted by molar-refractivity contribution is 6.32. The van der Waals surface area contributed by atoms with Crippen LogP contribution in [0.25, 0.3) is 11.0 Å². The molecule has 0 spiro atoms. The molecule has 0 aliphatic rings. The van der Waals surface area contributed by atoms with Gasteiger partial charge in [0.1, 0.15) is 5.75 Å². The second-order valence-electron chi connectivity index (χ2n) is 3.27. The van der Waals surface area contributed by atoms with Gasteiger partial charge < -0.3 is 9.26 Å². The van der Waals surface area contributed by atoms with Crippen molar-refractivity contribution in [2.24, 2.45) is 0 Å². The average molecular weight is 267 g/mol. The molecule has 18 heavy (non-hydrogen) atoms. The van der Waals surface area contributed by atoms with Gasteiger partial charge in [0.15, 0.2) is 5.58 Å². The lowest BCUT2D eigenvalue weighted by molar-refractivity contribution is 0.411. The van der Waals surface area contributed by atoms with Crippen LogP contribution in [0.4, 0.5) is 0 Å². The third kappa shape index (κ3) is 2.93. The molecule has 2 rings (SSSR count). The van der Waals surface area contributed by atoms with Crippen molar-refractivity contribution in [3.8, 4) is 11.8 Å². The van der Waals surface area contributed by atoms with Crippen LogP contribution in [0.15, 0.2) is 16.7 Å². The van der Waals surface area contributed by atoms with Crippen molar-refractivity contribution in [3.05, 3.63) is 22.8 Å². The number of nitrogens with zero attached hydrogens (tertiary/aromatic N) is 2. The standard InChI is InChI=1S/C11H9ClN2O2.C2H6/c1-15-11-6-10-7(5-8(11)12)9(14-16-10)3-2-4-13;1-2/h5-6H,2-3H2,1H3;1-2H3. The fourth-order valence-electron chi connectivity index (χ4n) is 1.50. The van der Waals surface area contributed by atoms with Crippen LogP contribution in [0.5, 0.6) is 5.75 Å². The number of benzene rings is 1. The predicted octanol–water partition coefficient (Wildman–Crippen LogP) is 3.97. The Labute approximate surface area is 111 Å². The van der Waals surface area contributed by atoms with Crippen LogP contribution in [0.3, 0.4) is 0 Å². The Balaban J connectivity index is 0.000000771. The van der Waals surface area contributed by atoms with Gasteiger partial charge in [-0.05, 0) is 6.07 Å². The van der Waals surface area contributed by atoms with E-state index in [0.717, 1.165) is 11.1 Å². The van der Waals surface area contributed by atoms with Gasteiger partial charge in [0.2, 0.25) is 0 Å². The first-order valence-electron chi connectivity index (χ1n) is 5.75. The van der Waals surface area contributed by atoms with Gasteiger partial charge in [0.05, 0.1) is 23.9 Å². The smallest absolute Gasteiger partial charge is 0.170 e. The van der Waals surface area contributed by atoms with Crippen LogP contribution < -0.4 is 4.74 Å². The van der Waals surface area contributed by atoms with Gasteiger partial charge >= 0.3 is 0 Å². The predicted molar refractivity (Wildman–Crippen MR) is 70.9 cm³/mol. The summed E-state index contributed by atoms with van der Waals surface area (Å²) < 4.78 is 10.2. The Hall–Kier alpha value is -1.73. The lowest BCUT2D eigenvalue weighted by Gasteiger charge is -2.01. The fraction of sp³-hybridized carbons (Fsp3) is 0.385. The van der Waals surface area contributed by atoms with Crippen molar-refractivity contribution in [1.29, 1.82) is 5.26 Å². The maximum absolute atomic E-state index is 8.52. The summed E-state index contributed by atoms with van der Waals surface area (Å²) in [6.45, 7) is 4.00. The van der Waals surface area contributed by atoms with E-state index in [0.29, 0.717) is 29.2 Å². The van der Waals surface area contributed by atoms with Crippen molar-refractivity contribution >= 4 is 22.6 Å². The van der Waals surface area contributed by atoms with E-state index >= 15 is 0 Å². The number of nitriles is 1. The molecule has 1 aromatic heterocycles. The summed E-state index contributed by atoms with van der Waals surface area (Å²) in [5.74, 6) is 0.553. The molecule has 0 unspecified atom stereocenters. The number of ether oxygens (including phenoxy) is 1. The van der Waals surface area contributed by atoms with Crippen LogP contribution in [0, 0.1) is 11.3 Å². The van der Waals surface area contributed by atoms with Gasteiger partial charge in [0.25, 0.3) is 0 Å². The van der Waals surface area contributed by atoms with E-state index in [9.17, 15) is 0 Å². The summed E-state index contributed by atoms with van der Waals surface area (Å²) in [6.07, 6.45) is 0.970. The Morgan fingerprint density at radius 3 is 2.78 bits per heavy atom. The molecule has 0 aliphatic carbocycles. The van der Waals surface area contributed by atoms with Gasteiger partial charge in [-0.25, -0.2) is 0 Å². The summed E-state index contributed by atoms with van der Waals surface area (Å²) in [4.78, 5) is 0. The molecule has 0 atom stereocenters. The highest BCUT2D eigenvalue weighted by Crippen LogP contribution is 2.31. The molecule has 0 saturated carbocycles. The zero-order valence-electron chi connectivity index (χ0n) is 10.7. The first-order valence-corrected chi connectivity index (χ1v) is 6.13. The summed E-state index contributed by atoms with van der Waals surface area (Å²) in [6, 6.07) is 5.51. The number of methoxy groups -OCH3 is 1. The average Bonchev–Trinajstić information content (AvgIpc) is 2.79.